The van der Waals surface area contributed by atoms with Crippen molar-refractivity contribution in [2.45, 2.75) is 36.5 Å². The third-order valence-electron chi connectivity index (χ3n) is 5.13. The normalized spacial score (nSPS) is 15.2. The van der Waals surface area contributed by atoms with Gasteiger partial charge >= 0.3 is 0 Å². The minimum absolute atomic E-state index is 0.00717. The molecule has 10 heteroatoms. The molecule has 0 aromatic heterocycles. The van der Waals surface area contributed by atoms with E-state index in [1.165, 1.54) is 28.6 Å². The summed E-state index contributed by atoms with van der Waals surface area (Å²) in [6.45, 7) is 4.58. The van der Waals surface area contributed by atoms with Gasteiger partial charge in [-0.1, -0.05) is 18.2 Å². The lowest BCUT2D eigenvalue weighted by atomic mass is 10.2. The van der Waals surface area contributed by atoms with E-state index in [1.807, 2.05) is 13.0 Å². The number of sulfonamides is 2. The van der Waals surface area contributed by atoms with Crippen molar-refractivity contribution in [3.63, 3.8) is 0 Å². The molecule has 1 aliphatic heterocycles. The van der Waals surface area contributed by atoms with Crippen LogP contribution in [0.1, 0.15) is 34.3 Å². The van der Waals surface area contributed by atoms with E-state index >= 15 is 0 Å². The van der Waals surface area contributed by atoms with Crippen molar-refractivity contribution in [2.24, 2.45) is 0 Å². The second kappa shape index (κ2) is 9.47. The average molecular weight is 466 g/mol. The molecule has 3 rings (SSSR count). The van der Waals surface area contributed by atoms with E-state index in [9.17, 15) is 21.6 Å². The fourth-order valence-electron chi connectivity index (χ4n) is 3.41. The second-order valence-corrected chi connectivity index (χ2v) is 11.2. The zero-order chi connectivity index (χ0) is 22.6. The number of carbonyl (C=O) groups excluding carboxylic acids is 1. The molecule has 1 saturated heterocycles. The van der Waals surface area contributed by atoms with E-state index < -0.39 is 26.0 Å². The molecule has 0 bridgehead atoms. The highest BCUT2D eigenvalue weighted by atomic mass is 32.2. The van der Waals surface area contributed by atoms with Crippen molar-refractivity contribution >= 4 is 26.0 Å². The van der Waals surface area contributed by atoms with Crippen LogP contribution < -0.4 is 10.0 Å². The molecule has 1 heterocycles. The van der Waals surface area contributed by atoms with Crippen molar-refractivity contribution in [2.75, 3.05) is 26.2 Å². The van der Waals surface area contributed by atoms with Crippen LogP contribution in [0.5, 0.6) is 0 Å². The number of hydrogen-bond acceptors (Lipinski definition) is 5. The van der Waals surface area contributed by atoms with E-state index in [-0.39, 0.29) is 28.4 Å². The van der Waals surface area contributed by atoms with E-state index in [2.05, 4.69) is 10.0 Å². The Balaban J connectivity index is 1.59. The SMILES string of the molecule is Cc1ccc(C)c(S(=O)(=O)NCCNC(=O)c2cccc(S(=O)(=O)N3CCCC3)c2)c1. The van der Waals surface area contributed by atoms with Crippen molar-refractivity contribution < 1.29 is 21.6 Å². The van der Waals surface area contributed by atoms with E-state index in [0.29, 0.717) is 18.7 Å². The maximum absolute atomic E-state index is 12.7. The summed E-state index contributed by atoms with van der Waals surface area (Å²) in [7, 11) is -7.31. The Morgan fingerprint density at radius 2 is 1.68 bits per heavy atom. The summed E-state index contributed by atoms with van der Waals surface area (Å²) >= 11 is 0. The Morgan fingerprint density at radius 3 is 2.39 bits per heavy atom. The van der Waals surface area contributed by atoms with Gasteiger partial charge in [-0.2, -0.15) is 4.31 Å². The predicted molar refractivity (Wildman–Crippen MR) is 118 cm³/mol. The number of benzene rings is 2. The highest BCUT2D eigenvalue weighted by Gasteiger charge is 2.27. The Bertz CT molecular complexity index is 1170. The summed E-state index contributed by atoms with van der Waals surface area (Å²) in [6, 6.07) is 11.1. The Morgan fingerprint density at radius 1 is 0.968 bits per heavy atom. The van der Waals surface area contributed by atoms with Gasteiger partial charge in [0.05, 0.1) is 9.79 Å². The zero-order valence-corrected chi connectivity index (χ0v) is 19.2. The van der Waals surface area contributed by atoms with Crippen LogP contribution in [0.2, 0.25) is 0 Å². The zero-order valence-electron chi connectivity index (χ0n) is 17.6. The van der Waals surface area contributed by atoms with Crippen LogP contribution >= 0.6 is 0 Å². The first-order chi connectivity index (χ1) is 14.6. The fraction of sp³-hybridized carbons (Fsp3) is 0.381. The first kappa shape index (κ1) is 23.4. The summed E-state index contributed by atoms with van der Waals surface area (Å²) in [6.07, 6.45) is 1.66. The molecular formula is C21H27N3O5S2. The van der Waals surface area contributed by atoms with Crippen molar-refractivity contribution in [3.05, 3.63) is 59.2 Å². The largest absolute Gasteiger partial charge is 0.351 e. The summed E-state index contributed by atoms with van der Waals surface area (Å²) in [5, 5.41) is 2.62. The average Bonchev–Trinajstić information content (AvgIpc) is 3.28. The van der Waals surface area contributed by atoms with Crippen LogP contribution in [0.25, 0.3) is 0 Å². The summed E-state index contributed by atoms with van der Waals surface area (Å²) in [4.78, 5) is 12.7. The second-order valence-electron chi connectivity index (χ2n) is 7.56. The molecule has 0 aliphatic carbocycles. The number of carbonyl (C=O) groups is 1. The molecule has 2 aromatic rings. The Kier molecular flexibility index (Phi) is 7.15. The minimum Gasteiger partial charge on any atom is -0.351 e. The van der Waals surface area contributed by atoms with Crippen molar-refractivity contribution in [3.8, 4) is 0 Å². The molecule has 2 aromatic carbocycles. The highest BCUT2D eigenvalue weighted by Crippen LogP contribution is 2.21. The quantitative estimate of drug-likeness (QED) is 0.577. The molecule has 31 heavy (non-hydrogen) atoms. The standard InChI is InChI=1S/C21H27N3O5S2/c1-16-8-9-17(2)20(14-16)30(26,27)23-11-10-22-21(25)18-6-5-7-19(15-18)31(28,29)24-12-3-4-13-24/h5-9,14-15,23H,3-4,10-13H2,1-2H3,(H,22,25). The fourth-order valence-corrected chi connectivity index (χ4v) is 6.34. The van der Waals surface area contributed by atoms with E-state index in [0.717, 1.165) is 18.4 Å². The van der Waals surface area contributed by atoms with Crippen LogP contribution in [0, 0.1) is 13.8 Å². The number of amides is 1. The van der Waals surface area contributed by atoms with Gasteiger partial charge in [-0.3, -0.25) is 4.79 Å². The summed E-state index contributed by atoms with van der Waals surface area (Å²) in [5.41, 5.74) is 1.68. The molecule has 2 N–H and O–H groups in total. The number of rotatable bonds is 8. The lowest BCUT2D eigenvalue weighted by Gasteiger charge is -2.16. The lowest BCUT2D eigenvalue weighted by Crippen LogP contribution is -2.35. The van der Waals surface area contributed by atoms with Crippen LogP contribution in [0.3, 0.4) is 0 Å². The van der Waals surface area contributed by atoms with Gasteiger partial charge < -0.3 is 5.32 Å². The van der Waals surface area contributed by atoms with Crippen LogP contribution in [0.15, 0.2) is 52.3 Å². The molecule has 0 spiro atoms. The van der Waals surface area contributed by atoms with E-state index in [1.54, 1.807) is 19.1 Å². The molecule has 0 atom stereocenters. The maximum atomic E-state index is 12.7. The maximum Gasteiger partial charge on any atom is 0.251 e. The summed E-state index contributed by atoms with van der Waals surface area (Å²) < 4.78 is 54.3. The molecular weight excluding hydrogens is 438 g/mol. The molecule has 168 valence electrons. The first-order valence-electron chi connectivity index (χ1n) is 10.1. The van der Waals surface area contributed by atoms with Crippen LogP contribution in [-0.4, -0.2) is 53.2 Å². The predicted octanol–water partition coefficient (Wildman–Crippen LogP) is 1.80. The number of nitrogens with one attached hydrogen (secondary N) is 2. The first-order valence-corrected chi connectivity index (χ1v) is 13.0. The van der Waals surface area contributed by atoms with Crippen LogP contribution in [0.4, 0.5) is 0 Å². The van der Waals surface area contributed by atoms with Crippen molar-refractivity contribution in [1.29, 1.82) is 0 Å². The molecule has 1 aliphatic rings. The molecule has 0 unspecified atom stereocenters. The van der Waals surface area contributed by atoms with Crippen molar-refractivity contribution in [1.82, 2.24) is 14.3 Å². The molecule has 1 fully saturated rings. The van der Waals surface area contributed by atoms with Gasteiger partial charge in [0.1, 0.15) is 0 Å². The van der Waals surface area contributed by atoms with Gasteiger partial charge in [-0.05, 0) is 62.1 Å². The van der Waals surface area contributed by atoms with Gasteiger partial charge in [0.15, 0.2) is 0 Å². The van der Waals surface area contributed by atoms with Crippen LogP contribution in [-0.2, 0) is 20.0 Å². The third-order valence-corrected chi connectivity index (χ3v) is 8.63. The molecule has 8 nitrogen and oxygen atoms in total. The lowest BCUT2D eigenvalue weighted by molar-refractivity contribution is 0.0954. The highest BCUT2D eigenvalue weighted by molar-refractivity contribution is 7.89. The minimum atomic E-state index is -3.70. The van der Waals surface area contributed by atoms with Gasteiger partial charge in [0, 0.05) is 31.7 Å². The molecule has 0 radical (unpaired) electrons. The van der Waals surface area contributed by atoms with Gasteiger partial charge in [0.25, 0.3) is 5.91 Å². The smallest absolute Gasteiger partial charge is 0.251 e. The molecule has 1 amide bonds. The van der Waals surface area contributed by atoms with Gasteiger partial charge in [0.2, 0.25) is 20.0 Å². The third kappa shape index (κ3) is 5.51. The number of hydrogen-bond donors (Lipinski definition) is 2. The van der Waals surface area contributed by atoms with E-state index in [4.69, 9.17) is 0 Å². The molecule has 0 saturated carbocycles. The Labute approximate surface area is 183 Å². The van der Waals surface area contributed by atoms with Gasteiger partial charge in [-0.25, -0.2) is 21.6 Å². The van der Waals surface area contributed by atoms with Gasteiger partial charge in [-0.15, -0.1) is 0 Å². The summed E-state index contributed by atoms with van der Waals surface area (Å²) in [5.74, 6) is -0.468. The number of aryl methyl sites for hydroxylation is 2. The Hall–Kier alpha value is -2.27. The monoisotopic (exact) mass is 465 g/mol. The topological polar surface area (TPSA) is 113 Å². The number of nitrogens with zero attached hydrogens (tertiary/aromatic N) is 1.